The maximum absolute atomic E-state index is 11.9. The number of rotatable bonds is 5. The molecule has 0 radical (unpaired) electrons. The lowest BCUT2D eigenvalue weighted by molar-refractivity contribution is -0.113. The van der Waals surface area contributed by atoms with E-state index in [1.807, 2.05) is 0 Å². The van der Waals surface area contributed by atoms with Gasteiger partial charge in [-0.1, -0.05) is 58.5 Å². The van der Waals surface area contributed by atoms with E-state index in [0.29, 0.717) is 31.5 Å². The molecule has 2 aromatic rings. The van der Waals surface area contributed by atoms with E-state index in [-0.39, 0.29) is 11.7 Å². The summed E-state index contributed by atoms with van der Waals surface area (Å²) in [6.45, 7) is 0. The molecule has 0 aliphatic carbocycles. The van der Waals surface area contributed by atoms with E-state index in [9.17, 15) is 4.79 Å². The first kappa shape index (κ1) is 17.8. The van der Waals surface area contributed by atoms with Crippen LogP contribution in [0.15, 0.2) is 36.4 Å². The standard InChI is InChI=1S/C15H11Cl4NOS/c16-10-3-1-4-11(17)9(10)7-22-8-14(21)20-13-6-2-5-12(18)15(13)19/h1-6H,7-8H2,(H,20,21). The van der Waals surface area contributed by atoms with E-state index in [1.165, 1.54) is 11.8 Å². The molecule has 0 bridgehead atoms. The van der Waals surface area contributed by atoms with E-state index in [2.05, 4.69) is 5.32 Å². The van der Waals surface area contributed by atoms with Crippen LogP contribution in [0.4, 0.5) is 5.69 Å². The van der Waals surface area contributed by atoms with Gasteiger partial charge < -0.3 is 5.32 Å². The number of carbonyl (C=O) groups excluding carboxylic acids is 1. The molecule has 0 atom stereocenters. The van der Waals surface area contributed by atoms with Crippen molar-refractivity contribution in [2.75, 3.05) is 11.1 Å². The zero-order valence-electron chi connectivity index (χ0n) is 11.2. The van der Waals surface area contributed by atoms with Gasteiger partial charge in [0, 0.05) is 15.8 Å². The second-order valence-corrected chi connectivity index (χ2v) is 6.93. The summed E-state index contributed by atoms with van der Waals surface area (Å²) < 4.78 is 0. The van der Waals surface area contributed by atoms with Gasteiger partial charge in [-0.2, -0.15) is 0 Å². The first-order chi connectivity index (χ1) is 10.5. The van der Waals surface area contributed by atoms with Crippen LogP contribution in [0.2, 0.25) is 20.1 Å². The van der Waals surface area contributed by atoms with Gasteiger partial charge in [-0.05, 0) is 29.8 Å². The van der Waals surface area contributed by atoms with E-state index in [4.69, 9.17) is 46.4 Å². The van der Waals surface area contributed by atoms with Crippen molar-refractivity contribution in [2.45, 2.75) is 5.75 Å². The molecule has 0 spiro atoms. The van der Waals surface area contributed by atoms with Crippen molar-refractivity contribution in [3.8, 4) is 0 Å². The molecule has 0 unspecified atom stereocenters. The Balaban J connectivity index is 1.90. The summed E-state index contributed by atoms with van der Waals surface area (Å²) >= 11 is 25.5. The highest BCUT2D eigenvalue weighted by molar-refractivity contribution is 7.99. The van der Waals surface area contributed by atoms with Crippen molar-refractivity contribution in [1.29, 1.82) is 0 Å². The fraction of sp³-hybridized carbons (Fsp3) is 0.133. The van der Waals surface area contributed by atoms with Crippen LogP contribution in [0, 0.1) is 0 Å². The Bertz CT molecular complexity index is 673. The van der Waals surface area contributed by atoms with E-state index < -0.39 is 0 Å². The van der Waals surface area contributed by atoms with Crippen LogP contribution in [0.1, 0.15) is 5.56 Å². The van der Waals surface area contributed by atoms with Gasteiger partial charge in [0.15, 0.2) is 0 Å². The van der Waals surface area contributed by atoms with Crippen LogP contribution in [0.3, 0.4) is 0 Å². The Hall–Kier alpha value is -0.580. The minimum Gasteiger partial charge on any atom is -0.324 e. The van der Waals surface area contributed by atoms with Crippen LogP contribution in [0.5, 0.6) is 0 Å². The minimum atomic E-state index is -0.169. The average molecular weight is 395 g/mol. The summed E-state index contributed by atoms with van der Waals surface area (Å²) in [6, 6.07) is 10.4. The third-order valence-electron chi connectivity index (χ3n) is 2.77. The Morgan fingerprint density at radius 2 is 1.55 bits per heavy atom. The fourth-order valence-corrected chi connectivity index (χ4v) is 3.61. The van der Waals surface area contributed by atoms with Crippen molar-refractivity contribution in [3.63, 3.8) is 0 Å². The Kier molecular flexibility index (Phi) is 6.72. The second-order valence-electron chi connectivity index (χ2n) is 4.34. The quantitative estimate of drug-likeness (QED) is 0.656. The number of hydrogen-bond acceptors (Lipinski definition) is 2. The number of benzene rings is 2. The number of nitrogens with one attached hydrogen (secondary N) is 1. The molecule has 2 rings (SSSR count). The summed E-state index contributed by atoms with van der Waals surface area (Å²) in [5, 5.41) is 4.64. The first-order valence-electron chi connectivity index (χ1n) is 6.23. The zero-order chi connectivity index (χ0) is 16.1. The van der Waals surface area contributed by atoms with Gasteiger partial charge in [0.2, 0.25) is 5.91 Å². The van der Waals surface area contributed by atoms with Crippen molar-refractivity contribution < 1.29 is 4.79 Å². The summed E-state index contributed by atoms with van der Waals surface area (Å²) in [4.78, 5) is 11.9. The number of anilines is 1. The van der Waals surface area contributed by atoms with Gasteiger partial charge in [-0.3, -0.25) is 4.79 Å². The van der Waals surface area contributed by atoms with Crippen LogP contribution in [-0.4, -0.2) is 11.7 Å². The van der Waals surface area contributed by atoms with Gasteiger partial charge >= 0.3 is 0 Å². The summed E-state index contributed by atoms with van der Waals surface area (Å²) in [6.07, 6.45) is 0. The number of hydrogen-bond donors (Lipinski definition) is 1. The highest BCUT2D eigenvalue weighted by Gasteiger charge is 2.10. The van der Waals surface area contributed by atoms with Crippen molar-refractivity contribution >= 4 is 69.8 Å². The fourth-order valence-electron chi connectivity index (χ4n) is 1.70. The molecule has 2 aromatic carbocycles. The monoisotopic (exact) mass is 393 g/mol. The molecule has 0 aliphatic rings. The molecule has 2 nitrogen and oxygen atoms in total. The average Bonchev–Trinajstić information content (AvgIpc) is 2.47. The SMILES string of the molecule is O=C(CSCc1c(Cl)cccc1Cl)Nc1cccc(Cl)c1Cl. The Morgan fingerprint density at radius 3 is 2.23 bits per heavy atom. The van der Waals surface area contributed by atoms with E-state index >= 15 is 0 Å². The summed E-state index contributed by atoms with van der Waals surface area (Å²) in [5.74, 6) is 0.636. The molecule has 0 aromatic heterocycles. The van der Waals surface area contributed by atoms with Gasteiger partial charge in [-0.25, -0.2) is 0 Å². The molecular weight excluding hydrogens is 384 g/mol. The van der Waals surface area contributed by atoms with Crippen LogP contribution in [-0.2, 0) is 10.5 Å². The van der Waals surface area contributed by atoms with Gasteiger partial charge in [0.05, 0.1) is 21.5 Å². The van der Waals surface area contributed by atoms with Gasteiger partial charge in [0.1, 0.15) is 0 Å². The summed E-state index contributed by atoms with van der Waals surface area (Å²) in [7, 11) is 0. The Morgan fingerprint density at radius 1 is 0.955 bits per heavy atom. The van der Waals surface area contributed by atoms with Crippen LogP contribution >= 0.6 is 58.2 Å². The molecule has 0 heterocycles. The third-order valence-corrected chi connectivity index (χ3v) is 5.25. The summed E-state index contributed by atoms with van der Waals surface area (Å²) in [5.41, 5.74) is 1.32. The minimum absolute atomic E-state index is 0.169. The maximum Gasteiger partial charge on any atom is 0.234 e. The molecule has 0 aliphatic heterocycles. The van der Waals surface area contributed by atoms with Crippen molar-refractivity contribution in [3.05, 3.63) is 62.1 Å². The predicted molar refractivity (Wildman–Crippen MR) is 97.7 cm³/mol. The molecule has 0 saturated heterocycles. The third kappa shape index (κ3) is 4.71. The highest BCUT2D eigenvalue weighted by atomic mass is 35.5. The number of amides is 1. The smallest absolute Gasteiger partial charge is 0.234 e. The van der Waals surface area contributed by atoms with Crippen LogP contribution < -0.4 is 5.32 Å². The lowest BCUT2D eigenvalue weighted by atomic mass is 10.2. The normalized spacial score (nSPS) is 10.5. The van der Waals surface area contributed by atoms with Gasteiger partial charge in [-0.15, -0.1) is 11.8 Å². The molecule has 0 fully saturated rings. The second kappa shape index (κ2) is 8.32. The molecule has 1 amide bonds. The zero-order valence-corrected chi connectivity index (χ0v) is 15.0. The lowest BCUT2D eigenvalue weighted by Crippen LogP contribution is -2.14. The van der Waals surface area contributed by atoms with Crippen molar-refractivity contribution in [2.24, 2.45) is 0 Å². The molecule has 0 saturated carbocycles. The molecule has 1 N–H and O–H groups in total. The highest BCUT2D eigenvalue weighted by Crippen LogP contribution is 2.30. The topological polar surface area (TPSA) is 29.1 Å². The van der Waals surface area contributed by atoms with Crippen molar-refractivity contribution in [1.82, 2.24) is 0 Å². The van der Waals surface area contributed by atoms with E-state index in [0.717, 1.165) is 5.56 Å². The maximum atomic E-state index is 11.9. The number of carbonyl (C=O) groups is 1. The molecule has 116 valence electrons. The predicted octanol–water partition coefficient (Wildman–Crippen LogP) is 6.17. The van der Waals surface area contributed by atoms with Crippen LogP contribution in [0.25, 0.3) is 0 Å². The largest absolute Gasteiger partial charge is 0.324 e. The number of thioether (sulfide) groups is 1. The van der Waals surface area contributed by atoms with Gasteiger partial charge in [0.25, 0.3) is 0 Å². The number of halogens is 4. The molecular formula is C15H11Cl4NOS. The molecule has 7 heteroatoms. The molecule has 22 heavy (non-hydrogen) atoms. The lowest BCUT2D eigenvalue weighted by Gasteiger charge is -2.09. The van der Waals surface area contributed by atoms with E-state index in [1.54, 1.807) is 36.4 Å². The Labute approximate surface area is 153 Å². The first-order valence-corrected chi connectivity index (χ1v) is 8.90.